The van der Waals surface area contributed by atoms with Gasteiger partial charge >= 0.3 is 5.69 Å². The van der Waals surface area contributed by atoms with Crippen molar-refractivity contribution in [2.45, 2.75) is 19.3 Å². The second-order valence-electron chi connectivity index (χ2n) is 7.88. The molecule has 0 atom stereocenters. The minimum absolute atomic E-state index is 0.0507. The van der Waals surface area contributed by atoms with E-state index in [1.165, 1.54) is 12.1 Å². The van der Waals surface area contributed by atoms with Gasteiger partial charge < -0.3 is 9.64 Å². The zero-order chi connectivity index (χ0) is 22.9. The zero-order valence-electron chi connectivity index (χ0n) is 17.6. The SMILES string of the molecule is O=C1c2ccccc2C(=O)N1c1ccc(Oc2ccc([N+](=O)[O-])c(N3CCCCC3)n2)cc1. The van der Waals surface area contributed by atoms with Gasteiger partial charge in [0.15, 0.2) is 0 Å². The average Bonchev–Trinajstić information content (AvgIpc) is 3.10. The molecule has 2 amide bonds. The van der Waals surface area contributed by atoms with Crippen LogP contribution >= 0.6 is 0 Å². The molecular weight excluding hydrogens is 424 g/mol. The van der Waals surface area contributed by atoms with Crippen LogP contribution in [0.15, 0.2) is 60.7 Å². The van der Waals surface area contributed by atoms with Crippen LogP contribution in [-0.4, -0.2) is 34.8 Å². The third-order valence-electron chi connectivity index (χ3n) is 5.79. The van der Waals surface area contributed by atoms with Crippen molar-refractivity contribution in [3.8, 4) is 11.6 Å². The molecule has 0 spiro atoms. The quantitative estimate of drug-likeness (QED) is 0.322. The Morgan fingerprint density at radius 1 is 0.848 bits per heavy atom. The molecule has 9 heteroatoms. The van der Waals surface area contributed by atoms with Crippen molar-refractivity contribution in [3.63, 3.8) is 0 Å². The molecule has 2 aromatic carbocycles. The molecular formula is C24H20N4O5. The Morgan fingerprint density at radius 2 is 1.48 bits per heavy atom. The summed E-state index contributed by atoms with van der Waals surface area (Å²) in [7, 11) is 0. The standard InChI is InChI=1S/C24H20N4O5/c29-23-18-6-2-3-7-19(18)24(30)27(23)16-8-10-17(11-9-16)33-21-13-12-20(28(31)32)22(25-21)26-14-4-1-5-15-26/h2-3,6-13H,1,4-5,14-15H2. The molecule has 0 N–H and O–H groups in total. The van der Waals surface area contributed by atoms with Crippen molar-refractivity contribution in [3.05, 3.63) is 81.9 Å². The van der Waals surface area contributed by atoms with E-state index in [-0.39, 0.29) is 23.4 Å². The number of anilines is 2. The number of hydrogen-bond donors (Lipinski definition) is 0. The highest BCUT2D eigenvalue weighted by Gasteiger charge is 2.36. The van der Waals surface area contributed by atoms with Crippen LogP contribution in [0.5, 0.6) is 11.6 Å². The molecule has 33 heavy (non-hydrogen) atoms. The number of rotatable bonds is 5. The number of ether oxygens (including phenoxy) is 1. The molecule has 0 unspecified atom stereocenters. The van der Waals surface area contributed by atoms with Crippen LogP contribution in [0.4, 0.5) is 17.2 Å². The Kier molecular flexibility index (Phi) is 5.21. The number of amides is 2. The van der Waals surface area contributed by atoms with Gasteiger partial charge in [-0.05, 0) is 55.7 Å². The van der Waals surface area contributed by atoms with E-state index in [0.29, 0.717) is 41.5 Å². The lowest BCUT2D eigenvalue weighted by atomic mass is 10.1. The van der Waals surface area contributed by atoms with Crippen LogP contribution in [0, 0.1) is 10.1 Å². The van der Waals surface area contributed by atoms with Crippen molar-refractivity contribution in [1.82, 2.24) is 4.98 Å². The van der Waals surface area contributed by atoms with Crippen molar-refractivity contribution < 1.29 is 19.2 Å². The van der Waals surface area contributed by atoms with E-state index in [1.807, 2.05) is 4.90 Å². The Balaban J connectivity index is 1.37. The smallest absolute Gasteiger partial charge is 0.311 e. The van der Waals surface area contributed by atoms with Gasteiger partial charge in [0, 0.05) is 25.2 Å². The molecule has 0 bridgehead atoms. The molecule has 3 heterocycles. The monoisotopic (exact) mass is 444 g/mol. The number of piperidine rings is 1. The molecule has 166 valence electrons. The Morgan fingerprint density at radius 3 is 2.09 bits per heavy atom. The highest BCUT2D eigenvalue weighted by molar-refractivity contribution is 6.34. The number of pyridine rings is 1. The highest BCUT2D eigenvalue weighted by atomic mass is 16.6. The van der Waals surface area contributed by atoms with Gasteiger partial charge in [0.2, 0.25) is 11.7 Å². The maximum Gasteiger partial charge on any atom is 0.311 e. The first-order chi connectivity index (χ1) is 16.0. The fraction of sp³-hybridized carbons (Fsp3) is 0.208. The zero-order valence-corrected chi connectivity index (χ0v) is 17.6. The average molecular weight is 444 g/mol. The van der Waals surface area contributed by atoms with Crippen LogP contribution in [0.1, 0.15) is 40.0 Å². The molecule has 0 saturated carbocycles. The van der Waals surface area contributed by atoms with E-state index in [1.54, 1.807) is 48.5 Å². The number of imide groups is 1. The Bertz CT molecular complexity index is 1220. The van der Waals surface area contributed by atoms with Crippen molar-refractivity contribution in [2.75, 3.05) is 22.9 Å². The van der Waals surface area contributed by atoms with Crippen LogP contribution in [0.3, 0.4) is 0 Å². The van der Waals surface area contributed by atoms with Gasteiger partial charge in [0.05, 0.1) is 21.7 Å². The molecule has 2 aliphatic rings. The third kappa shape index (κ3) is 3.78. The molecule has 1 saturated heterocycles. The summed E-state index contributed by atoms with van der Waals surface area (Å²) in [6, 6.07) is 16.1. The third-order valence-corrected chi connectivity index (χ3v) is 5.79. The number of nitrogens with zero attached hydrogens (tertiary/aromatic N) is 4. The lowest BCUT2D eigenvalue weighted by Gasteiger charge is -2.27. The minimum atomic E-state index is -0.433. The van der Waals surface area contributed by atoms with Gasteiger partial charge in [-0.25, -0.2) is 4.90 Å². The lowest BCUT2D eigenvalue weighted by Crippen LogP contribution is -2.30. The van der Waals surface area contributed by atoms with Gasteiger partial charge in [-0.1, -0.05) is 12.1 Å². The van der Waals surface area contributed by atoms with E-state index >= 15 is 0 Å². The number of carbonyl (C=O) groups is 2. The maximum atomic E-state index is 12.7. The lowest BCUT2D eigenvalue weighted by molar-refractivity contribution is -0.384. The predicted octanol–water partition coefficient (Wildman–Crippen LogP) is 4.57. The number of nitro groups is 1. The molecule has 1 fully saturated rings. The maximum absolute atomic E-state index is 12.7. The first-order valence-corrected chi connectivity index (χ1v) is 10.7. The van der Waals surface area contributed by atoms with Crippen LogP contribution in [0.25, 0.3) is 0 Å². The number of fused-ring (bicyclic) bond motifs is 1. The van der Waals surface area contributed by atoms with Crippen molar-refractivity contribution in [2.24, 2.45) is 0 Å². The predicted molar refractivity (Wildman–Crippen MR) is 121 cm³/mol. The van der Waals surface area contributed by atoms with E-state index in [4.69, 9.17) is 4.74 Å². The van der Waals surface area contributed by atoms with Crippen LogP contribution in [-0.2, 0) is 0 Å². The van der Waals surface area contributed by atoms with Crippen LogP contribution in [0.2, 0.25) is 0 Å². The molecule has 0 radical (unpaired) electrons. The van der Waals surface area contributed by atoms with Gasteiger partial charge in [-0.15, -0.1) is 0 Å². The first-order valence-electron chi connectivity index (χ1n) is 10.7. The second-order valence-corrected chi connectivity index (χ2v) is 7.88. The van der Waals surface area contributed by atoms with Crippen LogP contribution < -0.4 is 14.5 Å². The first kappa shape index (κ1) is 20.6. The van der Waals surface area contributed by atoms with Gasteiger partial charge in [-0.2, -0.15) is 4.98 Å². The van der Waals surface area contributed by atoms with Gasteiger partial charge in [-0.3, -0.25) is 19.7 Å². The van der Waals surface area contributed by atoms with E-state index in [2.05, 4.69) is 4.98 Å². The van der Waals surface area contributed by atoms with Crippen molar-refractivity contribution >= 4 is 29.0 Å². The summed E-state index contributed by atoms with van der Waals surface area (Å²) in [6.45, 7) is 1.43. The van der Waals surface area contributed by atoms with E-state index in [9.17, 15) is 19.7 Å². The van der Waals surface area contributed by atoms with E-state index in [0.717, 1.165) is 24.2 Å². The molecule has 2 aliphatic heterocycles. The molecule has 0 aliphatic carbocycles. The molecule has 3 aromatic rings. The number of carbonyl (C=O) groups excluding carboxylic acids is 2. The summed E-state index contributed by atoms with van der Waals surface area (Å²) in [6.07, 6.45) is 3.02. The highest BCUT2D eigenvalue weighted by Crippen LogP contribution is 2.33. The van der Waals surface area contributed by atoms with Gasteiger partial charge in [0.1, 0.15) is 5.75 Å². The van der Waals surface area contributed by atoms with Gasteiger partial charge in [0.25, 0.3) is 11.8 Å². The summed E-state index contributed by atoms with van der Waals surface area (Å²) >= 11 is 0. The fourth-order valence-electron chi connectivity index (χ4n) is 4.17. The summed E-state index contributed by atoms with van der Waals surface area (Å²) in [5.41, 5.74) is 1.13. The normalized spacial score (nSPS) is 15.5. The summed E-state index contributed by atoms with van der Waals surface area (Å²) < 4.78 is 5.83. The Labute approximate surface area is 189 Å². The largest absolute Gasteiger partial charge is 0.439 e. The fourth-order valence-corrected chi connectivity index (χ4v) is 4.17. The summed E-state index contributed by atoms with van der Waals surface area (Å²) in [5.74, 6) is 0.232. The topological polar surface area (TPSA) is 106 Å². The summed E-state index contributed by atoms with van der Waals surface area (Å²) in [4.78, 5) is 43.8. The molecule has 1 aromatic heterocycles. The minimum Gasteiger partial charge on any atom is -0.439 e. The summed E-state index contributed by atoms with van der Waals surface area (Å²) in [5, 5.41) is 11.5. The van der Waals surface area contributed by atoms with E-state index < -0.39 is 4.92 Å². The van der Waals surface area contributed by atoms with Crippen molar-refractivity contribution in [1.29, 1.82) is 0 Å². The molecule has 5 rings (SSSR count). The number of hydrogen-bond acceptors (Lipinski definition) is 7. The number of aromatic nitrogens is 1. The Hall–Kier alpha value is -4.27. The second kappa shape index (κ2) is 8.34. The molecule has 9 nitrogen and oxygen atoms in total. The number of benzene rings is 2.